The number of aryl methyl sites for hydroxylation is 1. The predicted octanol–water partition coefficient (Wildman–Crippen LogP) is 1.47. The molecule has 8 nitrogen and oxygen atoms in total. The minimum atomic E-state index is -1.17. The number of alkyl carbamates (subject to hydrolysis) is 1. The fourth-order valence-corrected chi connectivity index (χ4v) is 2.70. The number of carbonyl (C=O) groups is 4. The molecule has 0 aliphatic carbocycles. The van der Waals surface area contributed by atoms with Gasteiger partial charge >= 0.3 is 12.1 Å². The van der Waals surface area contributed by atoms with Crippen LogP contribution in [0.4, 0.5) is 10.5 Å². The first-order chi connectivity index (χ1) is 12.2. The van der Waals surface area contributed by atoms with Gasteiger partial charge in [-0.05, 0) is 38.0 Å². The molecule has 1 aromatic carbocycles. The summed E-state index contributed by atoms with van der Waals surface area (Å²) in [6, 6.07) is 5.64. The number of anilines is 1. The van der Waals surface area contributed by atoms with Crippen LogP contribution in [-0.4, -0.2) is 43.6 Å². The Kier molecular flexibility index (Phi) is 5.97. The molecule has 140 valence electrons. The molecule has 2 rings (SSSR count). The van der Waals surface area contributed by atoms with E-state index in [4.69, 9.17) is 4.74 Å². The highest BCUT2D eigenvalue weighted by molar-refractivity contribution is 6.00. The summed E-state index contributed by atoms with van der Waals surface area (Å²) < 4.78 is 9.40. The number of amides is 3. The van der Waals surface area contributed by atoms with Crippen molar-refractivity contribution in [3.05, 3.63) is 29.3 Å². The van der Waals surface area contributed by atoms with E-state index in [9.17, 15) is 19.2 Å². The van der Waals surface area contributed by atoms with Crippen LogP contribution in [0, 0.1) is 19.8 Å². The summed E-state index contributed by atoms with van der Waals surface area (Å²) in [4.78, 5) is 48.9. The van der Waals surface area contributed by atoms with Crippen LogP contribution in [0.2, 0.25) is 0 Å². The molecule has 0 spiro atoms. The molecule has 0 aromatic heterocycles. The topological polar surface area (TPSA) is 102 Å². The quantitative estimate of drug-likeness (QED) is 0.814. The summed E-state index contributed by atoms with van der Waals surface area (Å²) in [7, 11) is 1.12. The smallest absolute Gasteiger partial charge is 0.413 e. The number of rotatable bonds is 4. The number of nitrogens with zero attached hydrogens (tertiary/aromatic N) is 1. The number of nitrogens with one attached hydrogen (secondary N) is 1. The fourth-order valence-electron chi connectivity index (χ4n) is 2.70. The van der Waals surface area contributed by atoms with Crippen molar-refractivity contribution in [2.75, 3.05) is 18.6 Å². The van der Waals surface area contributed by atoms with Gasteiger partial charge in [-0.2, -0.15) is 0 Å². The van der Waals surface area contributed by atoms with Crippen LogP contribution >= 0.6 is 0 Å². The zero-order valence-corrected chi connectivity index (χ0v) is 15.2. The van der Waals surface area contributed by atoms with Crippen molar-refractivity contribution in [3.8, 4) is 0 Å². The minimum absolute atomic E-state index is 0.0115. The molecule has 3 amide bonds. The van der Waals surface area contributed by atoms with E-state index in [1.165, 1.54) is 6.92 Å². The predicted molar refractivity (Wildman–Crippen MR) is 92.5 cm³/mol. The molecule has 1 fully saturated rings. The number of imide groups is 1. The van der Waals surface area contributed by atoms with E-state index >= 15 is 0 Å². The van der Waals surface area contributed by atoms with E-state index in [-0.39, 0.29) is 18.9 Å². The SMILES string of the molecule is COC(=O)NC(=O)[C@H](C)OC(=O)[C@H]1CC(=O)N(c2cccc(C)c2C)C1. The van der Waals surface area contributed by atoms with E-state index < -0.39 is 30.0 Å². The van der Waals surface area contributed by atoms with Crippen molar-refractivity contribution in [1.82, 2.24) is 5.32 Å². The molecule has 1 N–H and O–H groups in total. The van der Waals surface area contributed by atoms with Crippen molar-refractivity contribution in [3.63, 3.8) is 0 Å². The number of esters is 1. The molecule has 26 heavy (non-hydrogen) atoms. The van der Waals surface area contributed by atoms with E-state index in [0.29, 0.717) is 0 Å². The first-order valence-electron chi connectivity index (χ1n) is 8.20. The van der Waals surface area contributed by atoms with Gasteiger partial charge in [0.25, 0.3) is 5.91 Å². The highest BCUT2D eigenvalue weighted by Crippen LogP contribution is 2.30. The molecule has 1 saturated heterocycles. The third-order valence-electron chi connectivity index (χ3n) is 4.40. The average molecular weight is 362 g/mol. The van der Waals surface area contributed by atoms with Gasteiger partial charge in [0, 0.05) is 18.7 Å². The molecule has 8 heteroatoms. The summed E-state index contributed by atoms with van der Waals surface area (Å²) in [6.45, 7) is 5.40. The Labute approximate surface area is 151 Å². The van der Waals surface area contributed by atoms with E-state index in [1.54, 1.807) is 4.90 Å². The van der Waals surface area contributed by atoms with Crippen LogP contribution < -0.4 is 10.2 Å². The number of hydrogen-bond donors (Lipinski definition) is 1. The second kappa shape index (κ2) is 7.99. The highest BCUT2D eigenvalue weighted by atomic mass is 16.6. The number of carbonyl (C=O) groups excluding carboxylic acids is 4. The fraction of sp³-hybridized carbons (Fsp3) is 0.444. The molecular formula is C18H22N2O6. The van der Waals surface area contributed by atoms with Crippen molar-refractivity contribution < 1.29 is 28.7 Å². The third-order valence-corrected chi connectivity index (χ3v) is 4.40. The van der Waals surface area contributed by atoms with Crippen molar-refractivity contribution >= 4 is 29.6 Å². The number of benzene rings is 1. The lowest BCUT2D eigenvalue weighted by molar-refractivity contribution is -0.158. The molecular weight excluding hydrogens is 340 g/mol. The third kappa shape index (κ3) is 4.19. The first kappa shape index (κ1) is 19.4. The van der Waals surface area contributed by atoms with Crippen LogP contribution in [-0.2, 0) is 23.9 Å². The van der Waals surface area contributed by atoms with Gasteiger partial charge in [0.1, 0.15) is 0 Å². The highest BCUT2D eigenvalue weighted by Gasteiger charge is 2.38. The lowest BCUT2D eigenvalue weighted by Crippen LogP contribution is -2.40. The van der Waals surface area contributed by atoms with Crippen LogP contribution in [0.1, 0.15) is 24.5 Å². The second-order valence-corrected chi connectivity index (χ2v) is 6.18. The van der Waals surface area contributed by atoms with E-state index in [1.807, 2.05) is 37.4 Å². The number of methoxy groups -OCH3 is 1. The molecule has 0 bridgehead atoms. The Morgan fingerprint density at radius 2 is 1.96 bits per heavy atom. The summed E-state index contributed by atoms with van der Waals surface area (Å²) >= 11 is 0. The Morgan fingerprint density at radius 3 is 2.62 bits per heavy atom. The standard InChI is InChI=1S/C18H22N2O6/c1-10-6-5-7-14(11(10)2)20-9-13(8-15(20)21)17(23)26-12(3)16(22)19-18(24)25-4/h5-7,12-13H,8-9H2,1-4H3,(H,19,22,24)/t12-,13-/m0/s1. The zero-order chi connectivity index (χ0) is 19.4. The maximum absolute atomic E-state index is 12.3. The normalized spacial score (nSPS) is 17.6. The average Bonchev–Trinajstić information content (AvgIpc) is 2.98. The second-order valence-electron chi connectivity index (χ2n) is 6.18. The minimum Gasteiger partial charge on any atom is -0.453 e. The summed E-state index contributed by atoms with van der Waals surface area (Å²) in [5.41, 5.74) is 2.79. The lowest BCUT2D eigenvalue weighted by Gasteiger charge is -2.20. The van der Waals surface area contributed by atoms with Crippen LogP contribution in [0.15, 0.2) is 18.2 Å². The van der Waals surface area contributed by atoms with Gasteiger partial charge in [-0.1, -0.05) is 12.1 Å². The maximum Gasteiger partial charge on any atom is 0.413 e. The lowest BCUT2D eigenvalue weighted by atomic mass is 10.1. The zero-order valence-electron chi connectivity index (χ0n) is 15.2. The van der Waals surface area contributed by atoms with Gasteiger partial charge < -0.3 is 14.4 Å². The first-order valence-corrected chi connectivity index (χ1v) is 8.20. The number of ether oxygens (including phenoxy) is 2. The van der Waals surface area contributed by atoms with Crippen molar-refractivity contribution in [2.45, 2.75) is 33.3 Å². The van der Waals surface area contributed by atoms with Crippen molar-refractivity contribution in [1.29, 1.82) is 0 Å². The van der Waals surface area contributed by atoms with Crippen molar-refractivity contribution in [2.24, 2.45) is 5.92 Å². The van der Waals surface area contributed by atoms with Gasteiger partial charge in [-0.25, -0.2) is 4.79 Å². The van der Waals surface area contributed by atoms with Crippen LogP contribution in [0.3, 0.4) is 0 Å². The Balaban J connectivity index is 2.01. The van der Waals surface area contributed by atoms with Gasteiger partial charge in [0.05, 0.1) is 13.0 Å². The number of hydrogen-bond acceptors (Lipinski definition) is 6. The molecule has 1 aromatic rings. The van der Waals surface area contributed by atoms with Crippen LogP contribution in [0.5, 0.6) is 0 Å². The Morgan fingerprint density at radius 1 is 1.27 bits per heavy atom. The molecule has 2 atom stereocenters. The summed E-state index contributed by atoms with van der Waals surface area (Å²) in [5.74, 6) is -2.29. The van der Waals surface area contributed by atoms with E-state index in [0.717, 1.165) is 23.9 Å². The molecule has 0 unspecified atom stereocenters. The van der Waals surface area contributed by atoms with Gasteiger partial charge in [0.2, 0.25) is 5.91 Å². The Hall–Kier alpha value is -2.90. The molecule has 1 aliphatic rings. The van der Waals surface area contributed by atoms with Gasteiger partial charge in [-0.15, -0.1) is 0 Å². The summed E-state index contributed by atoms with van der Waals surface area (Å²) in [6.07, 6.45) is -2.10. The monoisotopic (exact) mass is 362 g/mol. The van der Waals surface area contributed by atoms with Gasteiger partial charge in [-0.3, -0.25) is 19.7 Å². The van der Waals surface area contributed by atoms with Gasteiger partial charge in [0.15, 0.2) is 6.10 Å². The largest absolute Gasteiger partial charge is 0.453 e. The molecule has 1 heterocycles. The van der Waals surface area contributed by atoms with E-state index in [2.05, 4.69) is 4.74 Å². The molecule has 0 radical (unpaired) electrons. The molecule has 1 aliphatic heterocycles. The maximum atomic E-state index is 12.3. The Bertz CT molecular complexity index is 745. The molecule has 0 saturated carbocycles. The van der Waals surface area contributed by atoms with Crippen LogP contribution in [0.25, 0.3) is 0 Å². The summed E-state index contributed by atoms with van der Waals surface area (Å²) in [5, 5.41) is 1.93.